The van der Waals surface area contributed by atoms with Crippen LogP contribution in [-0.4, -0.2) is 38.7 Å². The number of benzene rings is 1. The van der Waals surface area contributed by atoms with Crippen molar-refractivity contribution in [2.24, 2.45) is 0 Å². The molecule has 1 aromatic carbocycles. The van der Waals surface area contributed by atoms with Gasteiger partial charge < -0.3 is 9.32 Å². The van der Waals surface area contributed by atoms with Crippen molar-refractivity contribution >= 4 is 28.6 Å². The zero-order valence-corrected chi connectivity index (χ0v) is 15.5. The Kier molecular flexibility index (Phi) is 3.86. The van der Waals surface area contributed by atoms with E-state index in [-0.39, 0.29) is 11.9 Å². The maximum absolute atomic E-state index is 13.0. The summed E-state index contributed by atoms with van der Waals surface area (Å²) in [6.45, 7) is 1.13. The number of piperidine rings is 1. The average molecular weight is 387 g/mol. The van der Waals surface area contributed by atoms with E-state index in [1.807, 2.05) is 0 Å². The number of hydrogen-bond donors (Lipinski definition) is 1. The molecule has 3 aromatic rings. The predicted octanol–water partition coefficient (Wildman–Crippen LogP) is 2.94. The number of aromatic nitrogens is 3. The number of nitrogens with zero attached hydrogens (tertiary/aromatic N) is 3. The molecular weight excluding hydrogens is 368 g/mol. The number of likely N-dealkylation sites (tertiary alicyclic amines) is 1. The Balaban J connectivity index is 1.46. The Morgan fingerprint density at radius 2 is 2.19 bits per heavy atom. The van der Waals surface area contributed by atoms with Crippen LogP contribution in [0, 0.1) is 0 Å². The van der Waals surface area contributed by atoms with Crippen LogP contribution in [0.4, 0.5) is 0 Å². The number of aryl methyl sites for hydroxylation is 1. The van der Waals surface area contributed by atoms with Gasteiger partial charge in [-0.25, -0.2) is 4.79 Å². The number of amides is 1. The summed E-state index contributed by atoms with van der Waals surface area (Å²) < 4.78 is 7.00. The first-order chi connectivity index (χ1) is 13.1. The highest BCUT2D eigenvalue weighted by molar-refractivity contribution is 6.31. The second-order valence-corrected chi connectivity index (χ2v) is 7.72. The lowest BCUT2D eigenvalue weighted by Crippen LogP contribution is -2.42. The maximum atomic E-state index is 13.0. The van der Waals surface area contributed by atoms with E-state index in [9.17, 15) is 9.59 Å². The van der Waals surface area contributed by atoms with Gasteiger partial charge in [0.05, 0.1) is 11.6 Å². The normalized spacial score (nSPS) is 19.6. The lowest BCUT2D eigenvalue weighted by atomic mass is 10.0. The molecule has 0 unspecified atom stereocenters. The van der Waals surface area contributed by atoms with E-state index in [0.717, 1.165) is 43.4 Å². The number of rotatable bonds is 2. The van der Waals surface area contributed by atoms with Crippen molar-refractivity contribution in [3.05, 3.63) is 50.7 Å². The van der Waals surface area contributed by atoms with Crippen LogP contribution in [0.3, 0.4) is 0 Å². The molecule has 1 aliphatic heterocycles. The van der Waals surface area contributed by atoms with E-state index in [1.165, 1.54) is 0 Å². The highest BCUT2D eigenvalue weighted by atomic mass is 35.5. The molecule has 0 radical (unpaired) electrons. The van der Waals surface area contributed by atoms with Crippen molar-refractivity contribution in [1.29, 1.82) is 0 Å². The highest BCUT2D eigenvalue weighted by Gasteiger charge is 2.31. The molecule has 1 saturated heterocycles. The number of carbonyl (C=O) groups is 1. The zero-order valence-electron chi connectivity index (χ0n) is 14.7. The first kappa shape index (κ1) is 16.6. The summed E-state index contributed by atoms with van der Waals surface area (Å²) in [5.74, 6) is -0.467. The smallest absolute Gasteiger partial charge is 0.408 e. The lowest BCUT2D eigenvalue weighted by Gasteiger charge is -2.32. The summed E-state index contributed by atoms with van der Waals surface area (Å²) in [4.78, 5) is 27.3. The molecule has 2 aliphatic rings. The Morgan fingerprint density at radius 3 is 3.07 bits per heavy atom. The third kappa shape index (κ3) is 2.68. The number of nitrogens with one attached hydrogen (secondary N) is 1. The second-order valence-electron chi connectivity index (χ2n) is 7.28. The van der Waals surface area contributed by atoms with E-state index in [2.05, 4.69) is 10.2 Å². The van der Waals surface area contributed by atoms with E-state index in [1.54, 1.807) is 27.7 Å². The van der Waals surface area contributed by atoms with Gasteiger partial charge in [-0.3, -0.25) is 14.5 Å². The third-order valence-electron chi connectivity index (χ3n) is 5.63. The second kappa shape index (κ2) is 6.27. The molecule has 1 fully saturated rings. The minimum Gasteiger partial charge on any atom is -0.408 e. The third-order valence-corrected chi connectivity index (χ3v) is 5.87. The fraction of sp³-hybridized carbons (Fsp3) is 0.421. The van der Waals surface area contributed by atoms with Crippen molar-refractivity contribution in [1.82, 2.24) is 19.7 Å². The van der Waals surface area contributed by atoms with Gasteiger partial charge in [-0.15, -0.1) is 0 Å². The van der Waals surface area contributed by atoms with Crippen molar-refractivity contribution in [2.45, 2.75) is 38.1 Å². The fourth-order valence-corrected chi connectivity index (χ4v) is 4.51. The minimum atomic E-state index is -0.410. The monoisotopic (exact) mass is 386 g/mol. The zero-order chi connectivity index (χ0) is 18.5. The number of hydrogen-bond acceptors (Lipinski definition) is 4. The number of fused-ring (bicyclic) bond motifs is 2. The molecule has 1 amide bonds. The van der Waals surface area contributed by atoms with Gasteiger partial charge in [0.25, 0.3) is 5.91 Å². The van der Waals surface area contributed by atoms with Gasteiger partial charge in [-0.2, -0.15) is 5.10 Å². The Morgan fingerprint density at radius 1 is 1.30 bits per heavy atom. The molecule has 5 rings (SSSR count). The fourth-order valence-electron chi connectivity index (χ4n) is 4.35. The molecule has 27 heavy (non-hydrogen) atoms. The van der Waals surface area contributed by atoms with Crippen LogP contribution in [-0.2, 0) is 12.8 Å². The molecular formula is C19H19ClN4O3. The van der Waals surface area contributed by atoms with Gasteiger partial charge in [0.1, 0.15) is 0 Å². The van der Waals surface area contributed by atoms with Crippen molar-refractivity contribution in [3.63, 3.8) is 0 Å². The van der Waals surface area contributed by atoms with E-state index < -0.39 is 5.76 Å². The summed E-state index contributed by atoms with van der Waals surface area (Å²) in [5.41, 5.74) is 3.86. The standard InChI is InChI=1S/C19H19ClN4O3/c20-11-6-7-16-15(9-11)24(19(26)27-16)12-3-2-8-23(10-12)18(25)17-13-4-1-5-14(13)21-22-17/h6-7,9,12H,1-5,8,10H2,(H,21,22)/t12-/m1/s1. The van der Waals surface area contributed by atoms with Gasteiger partial charge in [-0.1, -0.05) is 11.6 Å². The summed E-state index contributed by atoms with van der Waals surface area (Å²) in [6, 6.07) is 5.01. The minimum absolute atomic E-state index is 0.0574. The molecule has 0 bridgehead atoms. The van der Waals surface area contributed by atoms with Gasteiger partial charge in [0.15, 0.2) is 11.3 Å². The van der Waals surface area contributed by atoms with Gasteiger partial charge in [0, 0.05) is 29.4 Å². The number of carbonyl (C=O) groups excluding carboxylic acids is 1. The Bertz CT molecular complexity index is 1100. The van der Waals surface area contributed by atoms with Gasteiger partial charge >= 0.3 is 5.76 Å². The lowest BCUT2D eigenvalue weighted by molar-refractivity contribution is 0.0670. The number of H-pyrrole nitrogens is 1. The van der Waals surface area contributed by atoms with Gasteiger partial charge in [0.2, 0.25) is 0 Å². The maximum Gasteiger partial charge on any atom is 0.420 e. The van der Waals surface area contributed by atoms with E-state index in [4.69, 9.17) is 16.0 Å². The number of oxazole rings is 1. The molecule has 1 aliphatic carbocycles. The Labute approximate surface area is 159 Å². The average Bonchev–Trinajstić information content (AvgIpc) is 3.34. The molecule has 0 saturated carbocycles. The van der Waals surface area contributed by atoms with Crippen LogP contribution >= 0.6 is 11.6 Å². The van der Waals surface area contributed by atoms with Crippen molar-refractivity contribution in [3.8, 4) is 0 Å². The molecule has 0 spiro atoms. The molecule has 3 heterocycles. The van der Waals surface area contributed by atoms with Crippen molar-refractivity contribution < 1.29 is 9.21 Å². The summed E-state index contributed by atoms with van der Waals surface area (Å²) >= 11 is 6.11. The first-order valence-corrected chi connectivity index (χ1v) is 9.65. The van der Waals surface area contributed by atoms with Crippen LogP contribution in [0.2, 0.25) is 5.02 Å². The summed E-state index contributed by atoms with van der Waals surface area (Å²) in [5, 5.41) is 7.81. The van der Waals surface area contributed by atoms with E-state index in [0.29, 0.717) is 34.9 Å². The summed E-state index contributed by atoms with van der Waals surface area (Å²) in [7, 11) is 0. The number of aromatic amines is 1. The van der Waals surface area contributed by atoms with Crippen LogP contribution in [0.5, 0.6) is 0 Å². The molecule has 8 heteroatoms. The molecule has 1 atom stereocenters. The quantitative estimate of drug-likeness (QED) is 0.733. The largest absolute Gasteiger partial charge is 0.420 e. The molecule has 140 valence electrons. The Hall–Kier alpha value is -2.54. The topological polar surface area (TPSA) is 84.1 Å². The first-order valence-electron chi connectivity index (χ1n) is 9.28. The summed E-state index contributed by atoms with van der Waals surface area (Å²) in [6.07, 6.45) is 4.54. The SMILES string of the molecule is O=C(c1n[nH]c2c1CCC2)N1CCC[C@@H](n2c(=O)oc3ccc(Cl)cc32)C1. The van der Waals surface area contributed by atoms with Crippen LogP contribution in [0.25, 0.3) is 11.1 Å². The molecule has 1 N–H and O–H groups in total. The van der Waals surface area contributed by atoms with Crippen LogP contribution in [0.1, 0.15) is 47.1 Å². The molecule has 7 nitrogen and oxygen atoms in total. The van der Waals surface area contributed by atoms with Crippen LogP contribution < -0.4 is 5.76 Å². The highest BCUT2D eigenvalue weighted by Crippen LogP contribution is 2.29. The van der Waals surface area contributed by atoms with E-state index >= 15 is 0 Å². The number of halogens is 1. The van der Waals surface area contributed by atoms with Crippen LogP contribution in [0.15, 0.2) is 27.4 Å². The van der Waals surface area contributed by atoms with Crippen molar-refractivity contribution in [2.75, 3.05) is 13.1 Å². The molecule has 2 aromatic heterocycles. The predicted molar refractivity (Wildman–Crippen MR) is 100 cm³/mol. The van der Waals surface area contributed by atoms with Gasteiger partial charge in [-0.05, 0) is 50.3 Å².